The van der Waals surface area contributed by atoms with Crippen molar-refractivity contribution in [3.05, 3.63) is 64.3 Å². The van der Waals surface area contributed by atoms with Gasteiger partial charge < -0.3 is 19.5 Å². The highest BCUT2D eigenvalue weighted by molar-refractivity contribution is 5.95. The Morgan fingerprint density at radius 1 is 1.12 bits per heavy atom. The first-order valence-electron chi connectivity index (χ1n) is 8.04. The number of carbonyl (C=O) groups is 2. The summed E-state index contributed by atoms with van der Waals surface area (Å²) in [6.45, 7) is 1.86. The van der Waals surface area contributed by atoms with Gasteiger partial charge in [0.2, 0.25) is 0 Å². The Kier molecular flexibility index (Phi) is 4.42. The number of aryl methyl sites for hydroxylation is 2. The van der Waals surface area contributed by atoms with Gasteiger partial charge in [-0.1, -0.05) is 6.07 Å². The van der Waals surface area contributed by atoms with Gasteiger partial charge in [0.05, 0.1) is 18.2 Å². The molecule has 2 aromatic carbocycles. The molecule has 0 saturated carbocycles. The number of aromatic carboxylic acids is 2. The molecule has 0 radical (unpaired) electrons. The summed E-state index contributed by atoms with van der Waals surface area (Å²) in [5.74, 6) is -1.48. The Morgan fingerprint density at radius 3 is 2.46 bits per heavy atom. The summed E-state index contributed by atoms with van der Waals surface area (Å²) in [7, 11) is 3.39. The third-order valence-corrected chi connectivity index (χ3v) is 4.58. The Hall–Kier alpha value is -3.28. The van der Waals surface area contributed by atoms with E-state index in [-0.39, 0.29) is 11.1 Å². The van der Waals surface area contributed by atoms with Gasteiger partial charge in [0, 0.05) is 36.1 Å². The van der Waals surface area contributed by atoms with E-state index in [2.05, 4.69) is 0 Å². The fourth-order valence-electron chi connectivity index (χ4n) is 3.34. The van der Waals surface area contributed by atoms with Crippen LogP contribution in [0, 0.1) is 6.92 Å². The van der Waals surface area contributed by atoms with Gasteiger partial charge in [0.15, 0.2) is 0 Å². The lowest BCUT2D eigenvalue weighted by molar-refractivity contribution is 0.0685. The molecule has 0 unspecified atom stereocenters. The van der Waals surface area contributed by atoms with Crippen LogP contribution in [0.1, 0.15) is 37.4 Å². The fourth-order valence-corrected chi connectivity index (χ4v) is 3.34. The first kappa shape index (κ1) is 17.5. The van der Waals surface area contributed by atoms with E-state index in [1.165, 1.54) is 7.11 Å². The summed E-state index contributed by atoms with van der Waals surface area (Å²) < 4.78 is 7.36. The van der Waals surface area contributed by atoms with Crippen molar-refractivity contribution in [1.29, 1.82) is 0 Å². The molecule has 0 atom stereocenters. The number of methoxy groups -OCH3 is 1. The van der Waals surface area contributed by atoms with Crippen molar-refractivity contribution in [3.8, 4) is 5.75 Å². The van der Waals surface area contributed by atoms with Gasteiger partial charge in [0.1, 0.15) is 5.75 Å². The number of fused-ring (bicyclic) bond motifs is 1. The number of carboxylic acids is 2. The maximum Gasteiger partial charge on any atom is 0.336 e. The zero-order chi connectivity index (χ0) is 19.0. The predicted molar refractivity (Wildman–Crippen MR) is 97.4 cm³/mol. The second-order valence-electron chi connectivity index (χ2n) is 6.23. The van der Waals surface area contributed by atoms with Crippen molar-refractivity contribution >= 4 is 22.8 Å². The monoisotopic (exact) mass is 353 g/mol. The van der Waals surface area contributed by atoms with Gasteiger partial charge in [-0.3, -0.25) is 0 Å². The predicted octanol–water partition coefficient (Wildman–Crippen LogP) is 3.48. The molecule has 0 fully saturated rings. The molecule has 0 aliphatic rings. The third kappa shape index (κ3) is 2.90. The molecular formula is C20H19NO5. The summed E-state index contributed by atoms with van der Waals surface area (Å²) >= 11 is 0. The number of nitrogens with zero attached hydrogens (tertiary/aromatic N) is 1. The van der Waals surface area contributed by atoms with Crippen molar-refractivity contribution in [2.75, 3.05) is 7.11 Å². The van der Waals surface area contributed by atoms with Crippen LogP contribution in [0.5, 0.6) is 5.75 Å². The second kappa shape index (κ2) is 6.55. The molecule has 0 spiro atoms. The van der Waals surface area contributed by atoms with E-state index in [0.29, 0.717) is 17.7 Å². The van der Waals surface area contributed by atoms with Crippen LogP contribution < -0.4 is 4.74 Å². The highest BCUT2D eigenvalue weighted by Gasteiger charge is 2.19. The maximum absolute atomic E-state index is 11.7. The van der Waals surface area contributed by atoms with Crippen LogP contribution >= 0.6 is 0 Å². The SMILES string of the molecule is COc1c(C)ccc(C(=O)O)c1Cc1cn(C)c2ccc(C(=O)O)cc12. The van der Waals surface area contributed by atoms with Crippen LogP contribution in [0.15, 0.2) is 36.5 Å². The number of hydrogen-bond acceptors (Lipinski definition) is 3. The van der Waals surface area contributed by atoms with Gasteiger partial charge in [-0.25, -0.2) is 9.59 Å². The summed E-state index contributed by atoms with van der Waals surface area (Å²) in [4.78, 5) is 23.0. The highest BCUT2D eigenvalue weighted by atomic mass is 16.5. The molecule has 0 amide bonds. The average Bonchev–Trinajstić information content (AvgIpc) is 2.90. The van der Waals surface area contributed by atoms with Gasteiger partial charge in [0.25, 0.3) is 0 Å². The smallest absolute Gasteiger partial charge is 0.336 e. The van der Waals surface area contributed by atoms with E-state index in [9.17, 15) is 19.8 Å². The van der Waals surface area contributed by atoms with Gasteiger partial charge in [-0.15, -0.1) is 0 Å². The molecule has 2 N–H and O–H groups in total. The molecule has 134 valence electrons. The van der Waals surface area contributed by atoms with Crippen molar-refractivity contribution in [2.24, 2.45) is 7.05 Å². The van der Waals surface area contributed by atoms with Crippen LogP contribution in [0.3, 0.4) is 0 Å². The van der Waals surface area contributed by atoms with E-state index in [4.69, 9.17) is 4.74 Å². The lowest BCUT2D eigenvalue weighted by atomic mass is 9.95. The molecule has 0 aliphatic heterocycles. The Bertz CT molecular complexity index is 1030. The molecule has 1 aromatic heterocycles. The van der Waals surface area contributed by atoms with Crippen molar-refractivity contribution in [1.82, 2.24) is 4.57 Å². The van der Waals surface area contributed by atoms with E-state index in [1.807, 2.05) is 24.7 Å². The van der Waals surface area contributed by atoms with E-state index in [0.717, 1.165) is 22.0 Å². The second-order valence-corrected chi connectivity index (χ2v) is 6.23. The van der Waals surface area contributed by atoms with Gasteiger partial charge in [-0.05, 0) is 42.3 Å². The first-order chi connectivity index (χ1) is 12.3. The minimum Gasteiger partial charge on any atom is -0.496 e. The van der Waals surface area contributed by atoms with E-state index in [1.54, 1.807) is 30.3 Å². The quantitative estimate of drug-likeness (QED) is 0.733. The van der Waals surface area contributed by atoms with Crippen LogP contribution in [0.4, 0.5) is 0 Å². The lowest BCUT2D eigenvalue weighted by Gasteiger charge is -2.14. The van der Waals surface area contributed by atoms with Crippen LogP contribution in [0.2, 0.25) is 0 Å². The molecule has 3 rings (SSSR count). The van der Waals surface area contributed by atoms with E-state index < -0.39 is 11.9 Å². The number of ether oxygens (including phenoxy) is 1. The summed E-state index contributed by atoms with van der Waals surface area (Å²) in [5.41, 5.74) is 3.52. The number of aromatic nitrogens is 1. The van der Waals surface area contributed by atoms with Crippen molar-refractivity contribution in [2.45, 2.75) is 13.3 Å². The molecule has 3 aromatic rings. The van der Waals surface area contributed by atoms with E-state index >= 15 is 0 Å². The minimum absolute atomic E-state index is 0.179. The maximum atomic E-state index is 11.7. The molecule has 0 saturated heterocycles. The molecule has 6 heteroatoms. The molecule has 0 bridgehead atoms. The van der Waals surface area contributed by atoms with Crippen LogP contribution in [-0.4, -0.2) is 33.8 Å². The summed E-state index contributed by atoms with van der Waals surface area (Å²) in [5, 5.41) is 19.6. The number of rotatable bonds is 5. The van der Waals surface area contributed by atoms with Crippen LogP contribution in [-0.2, 0) is 13.5 Å². The zero-order valence-electron chi connectivity index (χ0n) is 14.7. The van der Waals surface area contributed by atoms with Crippen molar-refractivity contribution < 1.29 is 24.5 Å². The molecular weight excluding hydrogens is 334 g/mol. The van der Waals surface area contributed by atoms with Gasteiger partial charge in [-0.2, -0.15) is 0 Å². The largest absolute Gasteiger partial charge is 0.496 e. The standard InChI is InChI=1S/C20H19NO5/c1-11-4-6-14(20(24)25)16(18(11)26-3)9-13-10-21(2)17-7-5-12(19(22)23)8-15(13)17/h4-8,10H,9H2,1-3H3,(H,22,23)(H,24,25). The third-order valence-electron chi connectivity index (χ3n) is 4.58. The van der Waals surface area contributed by atoms with Crippen LogP contribution in [0.25, 0.3) is 10.9 Å². The number of benzene rings is 2. The zero-order valence-corrected chi connectivity index (χ0v) is 14.7. The number of hydrogen-bond donors (Lipinski definition) is 2. The topological polar surface area (TPSA) is 88.8 Å². The highest BCUT2D eigenvalue weighted by Crippen LogP contribution is 2.32. The normalized spacial score (nSPS) is 10.9. The summed E-state index contributed by atoms with van der Waals surface area (Å²) in [6, 6.07) is 8.23. The lowest BCUT2D eigenvalue weighted by Crippen LogP contribution is -2.06. The molecule has 0 aliphatic carbocycles. The molecule has 6 nitrogen and oxygen atoms in total. The average molecular weight is 353 g/mol. The Balaban J connectivity index is 2.21. The number of carboxylic acid groups (broad SMARTS) is 2. The fraction of sp³-hybridized carbons (Fsp3) is 0.200. The van der Waals surface area contributed by atoms with Crippen molar-refractivity contribution in [3.63, 3.8) is 0 Å². The Labute approximate surface area is 150 Å². The summed E-state index contributed by atoms with van der Waals surface area (Å²) in [6.07, 6.45) is 2.22. The van der Waals surface area contributed by atoms with Gasteiger partial charge >= 0.3 is 11.9 Å². The minimum atomic E-state index is -1.02. The Morgan fingerprint density at radius 2 is 1.85 bits per heavy atom. The molecule has 1 heterocycles. The molecule has 26 heavy (non-hydrogen) atoms. The first-order valence-corrected chi connectivity index (χ1v) is 8.04.